The monoisotopic (exact) mass is 472 g/mol. The molecule has 1 aromatic carbocycles. The zero-order valence-corrected chi connectivity index (χ0v) is 17.6. The molecule has 3 amide bonds. The van der Waals surface area contributed by atoms with Gasteiger partial charge in [-0.15, -0.1) is 0 Å². The Labute approximate surface area is 179 Å². The predicted molar refractivity (Wildman–Crippen MR) is 105 cm³/mol. The second kappa shape index (κ2) is 10.1. The third-order valence-corrected chi connectivity index (χ3v) is 5.31. The predicted octanol–water partition coefficient (Wildman–Crippen LogP) is 1.86. The summed E-state index contributed by atoms with van der Waals surface area (Å²) in [7, 11) is 0. The van der Waals surface area contributed by atoms with Crippen molar-refractivity contribution >= 4 is 70.1 Å². The number of carbonyl (C=O) groups excluding carboxylic acids is 3. The van der Waals surface area contributed by atoms with E-state index in [9.17, 15) is 19.2 Å². The van der Waals surface area contributed by atoms with Crippen LogP contribution >= 0.6 is 46.4 Å². The first-order valence-electron chi connectivity index (χ1n) is 7.61. The van der Waals surface area contributed by atoms with Gasteiger partial charge in [-0.3, -0.25) is 19.8 Å². The highest BCUT2D eigenvalue weighted by Crippen LogP contribution is 2.41. The lowest BCUT2D eigenvalue weighted by atomic mass is 10.0. The van der Waals surface area contributed by atoms with Gasteiger partial charge in [0.15, 0.2) is 0 Å². The number of nitrogen functional groups attached to an aromatic ring is 1. The highest BCUT2D eigenvalue weighted by atomic mass is 35.5. The number of carboxylic acids is 1. The van der Waals surface area contributed by atoms with Gasteiger partial charge in [0.25, 0.3) is 11.8 Å². The summed E-state index contributed by atoms with van der Waals surface area (Å²) in [6.07, 6.45) is 0. The minimum atomic E-state index is -1.23. The van der Waals surface area contributed by atoms with Gasteiger partial charge in [0.2, 0.25) is 5.91 Å². The lowest BCUT2D eigenvalue weighted by Crippen LogP contribution is -2.48. The van der Waals surface area contributed by atoms with Gasteiger partial charge < -0.3 is 15.7 Å². The molecule has 6 N–H and O–H groups in total. The normalized spacial score (nSPS) is 11.7. The number of aliphatic carboxylic acids is 1. The Morgan fingerprint density at radius 1 is 0.929 bits per heavy atom. The number of hydrogen-bond acceptors (Lipinski definition) is 5. The van der Waals surface area contributed by atoms with E-state index in [-0.39, 0.29) is 26.0 Å². The van der Waals surface area contributed by atoms with Crippen LogP contribution in [0.15, 0.2) is 0 Å². The van der Waals surface area contributed by atoms with Gasteiger partial charge in [0.1, 0.15) is 6.04 Å². The van der Waals surface area contributed by atoms with E-state index in [2.05, 4.69) is 10.6 Å². The van der Waals surface area contributed by atoms with Crippen LogP contribution in [-0.2, 0) is 9.59 Å². The largest absolute Gasteiger partial charge is 0.480 e. The lowest BCUT2D eigenvalue weighted by molar-refractivity contribution is -0.142. The number of carbonyl (C=O) groups is 4. The molecule has 0 fully saturated rings. The number of rotatable bonds is 7. The van der Waals surface area contributed by atoms with E-state index in [4.69, 9.17) is 57.4 Å². The third kappa shape index (κ3) is 5.39. The lowest BCUT2D eigenvalue weighted by Gasteiger charge is -2.18. The summed E-state index contributed by atoms with van der Waals surface area (Å²) < 4.78 is 0. The van der Waals surface area contributed by atoms with Gasteiger partial charge in [0.05, 0.1) is 37.8 Å². The molecule has 0 aliphatic heterocycles. The van der Waals surface area contributed by atoms with Crippen molar-refractivity contribution < 1.29 is 24.3 Å². The van der Waals surface area contributed by atoms with Crippen LogP contribution in [0.25, 0.3) is 0 Å². The van der Waals surface area contributed by atoms with Crippen molar-refractivity contribution in [1.82, 2.24) is 16.1 Å². The van der Waals surface area contributed by atoms with Crippen LogP contribution in [-0.4, -0.2) is 41.4 Å². The van der Waals surface area contributed by atoms with E-state index in [1.165, 1.54) is 0 Å². The molecule has 1 atom stereocenters. The molecule has 0 aliphatic rings. The van der Waals surface area contributed by atoms with Crippen LogP contribution in [0.4, 0.5) is 0 Å². The number of amides is 3. The summed E-state index contributed by atoms with van der Waals surface area (Å²) in [6.45, 7) is 2.60. The molecule has 0 spiro atoms. The number of nitrogens with one attached hydrogen (secondary N) is 3. The van der Waals surface area contributed by atoms with Crippen molar-refractivity contribution in [3.05, 3.63) is 31.2 Å². The highest BCUT2D eigenvalue weighted by Gasteiger charge is 2.29. The minimum Gasteiger partial charge on any atom is -0.480 e. The molecule has 1 rings (SSSR count). The number of halogens is 4. The second-order valence-corrected chi connectivity index (χ2v) is 7.30. The Kier molecular flexibility index (Phi) is 8.77. The zero-order chi connectivity index (χ0) is 21.8. The Morgan fingerprint density at radius 2 is 1.39 bits per heavy atom. The van der Waals surface area contributed by atoms with Crippen molar-refractivity contribution in [3.8, 4) is 0 Å². The summed E-state index contributed by atoms with van der Waals surface area (Å²) >= 11 is 23.8. The average Bonchev–Trinajstić information content (AvgIpc) is 2.63. The van der Waals surface area contributed by atoms with E-state index in [0.29, 0.717) is 0 Å². The molecule has 0 aromatic heterocycles. The molecule has 13 heteroatoms. The van der Waals surface area contributed by atoms with Crippen molar-refractivity contribution in [1.29, 1.82) is 0 Å². The summed E-state index contributed by atoms with van der Waals surface area (Å²) in [4.78, 5) is 47.6. The average molecular weight is 474 g/mol. The molecule has 0 aliphatic carbocycles. The fourth-order valence-corrected chi connectivity index (χ4v) is 3.14. The molecule has 0 unspecified atom stereocenters. The Morgan fingerprint density at radius 3 is 1.79 bits per heavy atom. The SMILES string of the molecule is CC(C)[C@H](NC(=O)CNC(=O)c1c(Cl)c(Cl)c(Cl)c(Cl)c1C(=O)NN)C(=O)O. The Balaban J connectivity index is 3.12. The first kappa shape index (κ1) is 24.3. The molecule has 0 bridgehead atoms. The number of hydrogen-bond donors (Lipinski definition) is 5. The van der Waals surface area contributed by atoms with E-state index in [0.717, 1.165) is 0 Å². The number of carboxylic acid groups (broad SMARTS) is 1. The van der Waals surface area contributed by atoms with Crippen molar-refractivity contribution in [2.75, 3.05) is 6.54 Å². The highest BCUT2D eigenvalue weighted by molar-refractivity contribution is 6.54. The van der Waals surface area contributed by atoms with Crippen LogP contribution < -0.4 is 21.9 Å². The van der Waals surface area contributed by atoms with Gasteiger partial charge in [-0.05, 0) is 5.92 Å². The van der Waals surface area contributed by atoms with Crippen molar-refractivity contribution in [3.63, 3.8) is 0 Å². The van der Waals surface area contributed by atoms with Gasteiger partial charge in [-0.25, -0.2) is 10.6 Å². The summed E-state index contributed by atoms with van der Waals surface area (Å²) in [5, 5.41) is 12.3. The van der Waals surface area contributed by atoms with Gasteiger partial charge in [-0.2, -0.15) is 0 Å². The first-order valence-corrected chi connectivity index (χ1v) is 9.12. The van der Waals surface area contributed by atoms with Gasteiger partial charge in [0, 0.05) is 0 Å². The van der Waals surface area contributed by atoms with Crippen LogP contribution in [0, 0.1) is 5.92 Å². The van der Waals surface area contributed by atoms with E-state index < -0.39 is 47.4 Å². The second-order valence-electron chi connectivity index (χ2n) is 5.79. The van der Waals surface area contributed by atoms with E-state index in [1.54, 1.807) is 19.3 Å². The molecule has 0 saturated carbocycles. The number of hydrazine groups is 1. The van der Waals surface area contributed by atoms with Crippen molar-refractivity contribution in [2.24, 2.45) is 11.8 Å². The maximum atomic E-state index is 12.5. The Bertz CT molecular complexity index is 831. The fourth-order valence-electron chi connectivity index (χ4n) is 2.12. The molecular weight excluding hydrogens is 458 g/mol. The van der Waals surface area contributed by atoms with Crippen LogP contribution in [0.5, 0.6) is 0 Å². The molecule has 154 valence electrons. The summed E-state index contributed by atoms with van der Waals surface area (Å²) in [5.41, 5.74) is 0.912. The number of benzene rings is 1. The molecule has 1 aromatic rings. The minimum absolute atomic E-state index is 0.262. The zero-order valence-electron chi connectivity index (χ0n) is 14.5. The molecule has 0 saturated heterocycles. The molecule has 28 heavy (non-hydrogen) atoms. The van der Waals surface area contributed by atoms with E-state index >= 15 is 0 Å². The van der Waals surface area contributed by atoms with E-state index in [1.807, 2.05) is 0 Å². The molecule has 0 radical (unpaired) electrons. The third-order valence-electron chi connectivity index (χ3n) is 3.51. The van der Waals surface area contributed by atoms with Gasteiger partial charge >= 0.3 is 5.97 Å². The van der Waals surface area contributed by atoms with Crippen LogP contribution in [0.3, 0.4) is 0 Å². The molecular formula is C15H16Cl4N4O5. The topological polar surface area (TPSA) is 151 Å². The van der Waals surface area contributed by atoms with Gasteiger partial charge in [-0.1, -0.05) is 60.3 Å². The maximum absolute atomic E-state index is 12.5. The summed E-state index contributed by atoms with van der Waals surface area (Å²) in [5.74, 6) is 0.751. The standard InChI is InChI=1S/C15H16Cl4N4O5/c1-4(2)12(15(27)28)22-5(24)3-21-13(25)6-7(14(26)23-20)9(17)11(19)10(18)8(6)16/h4,12H,3,20H2,1-2H3,(H,21,25)(H,22,24)(H,23,26)(H,27,28)/t12-/m0/s1. The molecule has 0 heterocycles. The first-order chi connectivity index (χ1) is 12.9. The maximum Gasteiger partial charge on any atom is 0.326 e. The van der Waals surface area contributed by atoms with Crippen molar-refractivity contribution in [2.45, 2.75) is 19.9 Å². The smallest absolute Gasteiger partial charge is 0.326 e. The quantitative estimate of drug-likeness (QED) is 0.134. The fraction of sp³-hybridized carbons (Fsp3) is 0.333. The Hall–Kier alpha value is -1.78. The molecule has 9 nitrogen and oxygen atoms in total. The summed E-state index contributed by atoms with van der Waals surface area (Å²) in [6, 6.07) is -1.15. The number of nitrogens with two attached hydrogens (primary N) is 1. The van der Waals surface area contributed by atoms with Crippen LogP contribution in [0.1, 0.15) is 34.6 Å². The van der Waals surface area contributed by atoms with Crippen LogP contribution in [0.2, 0.25) is 20.1 Å².